The number of hydrogen-bond donors (Lipinski definition) is 2. The second kappa shape index (κ2) is 6.43. The maximum Gasteiger partial charge on any atom is 0.241 e. The van der Waals surface area contributed by atoms with Gasteiger partial charge >= 0.3 is 0 Å². The Labute approximate surface area is 129 Å². The van der Waals surface area contributed by atoms with Crippen LogP contribution in [0.15, 0.2) is 27.6 Å². The van der Waals surface area contributed by atoms with Crippen molar-refractivity contribution in [3.63, 3.8) is 0 Å². The summed E-state index contributed by atoms with van der Waals surface area (Å²) in [4.78, 5) is 0.172. The van der Waals surface area contributed by atoms with Crippen molar-refractivity contribution < 1.29 is 13.2 Å². The molecule has 114 valence electrons. The topological polar surface area (TPSA) is 81.4 Å². The molecule has 0 aliphatic heterocycles. The molecule has 0 saturated carbocycles. The Morgan fingerprint density at radius 1 is 1.45 bits per heavy atom. The van der Waals surface area contributed by atoms with Crippen LogP contribution in [-0.2, 0) is 10.0 Å². The van der Waals surface area contributed by atoms with E-state index in [4.69, 9.17) is 10.5 Å². The average Bonchev–Trinajstić information content (AvgIpc) is 2.37. The monoisotopic (exact) mass is 364 g/mol. The summed E-state index contributed by atoms with van der Waals surface area (Å²) < 4.78 is 33.2. The van der Waals surface area contributed by atoms with Gasteiger partial charge in [0.05, 0.1) is 16.5 Å². The van der Waals surface area contributed by atoms with Gasteiger partial charge in [0.2, 0.25) is 10.0 Å². The predicted octanol–water partition coefficient (Wildman–Crippen LogP) is 2.11. The van der Waals surface area contributed by atoms with E-state index in [0.717, 1.165) is 0 Å². The van der Waals surface area contributed by atoms with Crippen molar-refractivity contribution >= 4 is 26.0 Å². The number of methoxy groups -OCH3 is 1. The quantitative estimate of drug-likeness (QED) is 0.809. The van der Waals surface area contributed by atoms with Crippen molar-refractivity contribution in [2.45, 2.75) is 31.2 Å². The fraction of sp³-hybridized carbons (Fsp3) is 0.538. The molecule has 0 radical (unpaired) electrons. The lowest BCUT2D eigenvalue weighted by Gasteiger charge is -2.33. The molecule has 1 rings (SSSR count). The number of nitrogens with one attached hydrogen (secondary N) is 1. The van der Waals surface area contributed by atoms with Crippen LogP contribution in [0.5, 0.6) is 5.75 Å². The SMILES string of the molecule is COc1ccc(S(=O)(=O)NC(C)(CN)C(C)C)cc1Br. The molecule has 0 saturated heterocycles. The summed E-state index contributed by atoms with van der Waals surface area (Å²) in [5.41, 5.74) is 5.02. The van der Waals surface area contributed by atoms with Crippen LogP contribution >= 0.6 is 15.9 Å². The van der Waals surface area contributed by atoms with Crippen LogP contribution in [0.3, 0.4) is 0 Å². The van der Waals surface area contributed by atoms with Crippen LogP contribution in [0.25, 0.3) is 0 Å². The van der Waals surface area contributed by atoms with Gasteiger partial charge < -0.3 is 10.5 Å². The van der Waals surface area contributed by atoms with Crippen molar-refractivity contribution in [1.82, 2.24) is 4.72 Å². The number of hydrogen-bond acceptors (Lipinski definition) is 4. The van der Waals surface area contributed by atoms with Gasteiger partial charge in [-0.05, 0) is 47.0 Å². The Morgan fingerprint density at radius 2 is 2.05 bits per heavy atom. The molecule has 1 aromatic rings. The maximum absolute atomic E-state index is 12.4. The van der Waals surface area contributed by atoms with E-state index in [-0.39, 0.29) is 17.4 Å². The molecule has 3 N–H and O–H groups in total. The molecule has 0 heterocycles. The summed E-state index contributed by atoms with van der Waals surface area (Å²) in [6.45, 7) is 5.88. The molecule has 0 spiro atoms. The van der Waals surface area contributed by atoms with Gasteiger partial charge in [0.15, 0.2) is 0 Å². The Bertz CT molecular complexity index is 575. The molecule has 1 atom stereocenters. The lowest BCUT2D eigenvalue weighted by molar-refractivity contribution is 0.315. The minimum atomic E-state index is -3.64. The normalized spacial score (nSPS) is 15.2. The van der Waals surface area contributed by atoms with Crippen LogP contribution in [-0.4, -0.2) is 27.6 Å². The molecular formula is C13H21BrN2O3S. The minimum Gasteiger partial charge on any atom is -0.496 e. The first-order valence-electron chi connectivity index (χ1n) is 6.24. The van der Waals surface area contributed by atoms with Crippen molar-refractivity contribution in [2.75, 3.05) is 13.7 Å². The molecular weight excluding hydrogens is 344 g/mol. The lowest BCUT2D eigenvalue weighted by atomic mass is 9.90. The van der Waals surface area contributed by atoms with Crippen LogP contribution in [0.2, 0.25) is 0 Å². The number of rotatable bonds is 6. The Kier molecular flexibility index (Phi) is 5.60. The van der Waals surface area contributed by atoms with Gasteiger partial charge in [0.25, 0.3) is 0 Å². The fourth-order valence-corrected chi connectivity index (χ4v) is 3.84. The van der Waals surface area contributed by atoms with Crippen molar-refractivity contribution in [2.24, 2.45) is 11.7 Å². The van der Waals surface area contributed by atoms with Gasteiger partial charge in [0, 0.05) is 12.1 Å². The third kappa shape index (κ3) is 3.72. The molecule has 0 aromatic heterocycles. The molecule has 1 aromatic carbocycles. The highest BCUT2D eigenvalue weighted by molar-refractivity contribution is 9.10. The van der Waals surface area contributed by atoms with Gasteiger partial charge in [-0.25, -0.2) is 13.1 Å². The van der Waals surface area contributed by atoms with Gasteiger partial charge in [-0.3, -0.25) is 0 Å². The first-order chi connectivity index (χ1) is 9.16. The third-order valence-electron chi connectivity index (χ3n) is 3.50. The molecule has 0 aliphatic rings. The molecule has 7 heteroatoms. The molecule has 5 nitrogen and oxygen atoms in total. The van der Waals surface area contributed by atoms with E-state index < -0.39 is 15.6 Å². The zero-order valence-corrected chi connectivity index (χ0v) is 14.5. The second-order valence-corrected chi connectivity index (χ2v) is 7.71. The number of ether oxygens (including phenoxy) is 1. The standard InChI is InChI=1S/C13H21BrN2O3S/c1-9(2)13(3,8-15)16-20(17,18)10-5-6-12(19-4)11(14)7-10/h5-7,9,16H,8,15H2,1-4H3. The summed E-state index contributed by atoms with van der Waals surface area (Å²) >= 11 is 3.28. The number of sulfonamides is 1. The largest absolute Gasteiger partial charge is 0.496 e. The van der Waals surface area contributed by atoms with Gasteiger partial charge in [-0.1, -0.05) is 13.8 Å². The first-order valence-corrected chi connectivity index (χ1v) is 8.51. The van der Waals surface area contributed by atoms with Crippen molar-refractivity contribution in [1.29, 1.82) is 0 Å². The highest BCUT2D eigenvalue weighted by atomic mass is 79.9. The van der Waals surface area contributed by atoms with Crippen LogP contribution in [0.1, 0.15) is 20.8 Å². The van der Waals surface area contributed by atoms with E-state index in [0.29, 0.717) is 10.2 Å². The smallest absolute Gasteiger partial charge is 0.241 e. The van der Waals surface area contributed by atoms with Crippen molar-refractivity contribution in [3.8, 4) is 5.75 Å². The van der Waals surface area contributed by atoms with E-state index in [1.165, 1.54) is 19.2 Å². The number of nitrogens with two attached hydrogens (primary N) is 1. The third-order valence-corrected chi connectivity index (χ3v) is 5.73. The van der Waals surface area contributed by atoms with Crippen LogP contribution in [0, 0.1) is 5.92 Å². The summed E-state index contributed by atoms with van der Waals surface area (Å²) in [6.07, 6.45) is 0. The molecule has 1 unspecified atom stereocenters. The van der Waals surface area contributed by atoms with Crippen LogP contribution in [0.4, 0.5) is 0 Å². The summed E-state index contributed by atoms with van der Waals surface area (Å²) in [6, 6.07) is 4.62. The zero-order valence-electron chi connectivity index (χ0n) is 12.1. The predicted molar refractivity (Wildman–Crippen MR) is 83.3 cm³/mol. The molecule has 20 heavy (non-hydrogen) atoms. The molecule has 0 bridgehead atoms. The molecule has 0 aliphatic carbocycles. The first kappa shape index (κ1) is 17.4. The molecule has 0 amide bonds. The van der Waals surface area contributed by atoms with Crippen LogP contribution < -0.4 is 15.2 Å². The van der Waals surface area contributed by atoms with E-state index in [2.05, 4.69) is 20.7 Å². The fourth-order valence-electron chi connectivity index (χ4n) is 1.58. The summed E-state index contributed by atoms with van der Waals surface area (Å²) in [5.74, 6) is 0.651. The average molecular weight is 365 g/mol. The van der Waals surface area contributed by atoms with E-state index in [1.54, 1.807) is 13.0 Å². The zero-order chi connectivity index (χ0) is 15.6. The maximum atomic E-state index is 12.4. The summed E-state index contributed by atoms with van der Waals surface area (Å²) in [5, 5.41) is 0. The van der Waals surface area contributed by atoms with E-state index in [9.17, 15) is 8.42 Å². The van der Waals surface area contributed by atoms with E-state index in [1.807, 2.05) is 13.8 Å². The highest BCUT2D eigenvalue weighted by Gasteiger charge is 2.32. The van der Waals surface area contributed by atoms with Gasteiger partial charge in [0.1, 0.15) is 5.75 Å². The van der Waals surface area contributed by atoms with Crippen molar-refractivity contribution in [3.05, 3.63) is 22.7 Å². The number of halogens is 1. The number of benzene rings is 1. The Morgan fingerprint density at radius 3 is 2.45 bits per heavy atom. The lowest BCUT2D eigenvalue weighted by Crippen LogP contribution is -2.54. The Hall–Kier alpha value is -0.630. The Balaban J connectivity index is 3.14. The van der Waals surface area contributed by atoms with Gasteiger partial charge in [-0.15, -0.1) is 0 Å². The van der Waals surface area contributed by atoms with E-state index >= 15 is 0 Å². The highest BCUT2D eigenvalue weighted by Crippen LogP contribution is 2.28. The minimum absolute atomic E-state index is 0.0731. The second-order valence-electron chi connectivity index (χ2n) is 5.18. The summed E-state index contributed by atoms with van der Waals surface area (Å²) in [7, 11) is -2.11. The van der Waals surface area contributed by atoms with Gasteiger partial charge in [-0.2, -0.15) is 0 Å². The molecule has 0 fully saturated rings.